The molecule has 0 fully saturated rings. The lowest BCUT2D eigenvalue weighted by Crippen LogP contribution is -2.30. The molecule has 0 saturated heterocycles. The van der Waals surface area contributed by atoms with E-state index in [0.717, 1.165) is 39.8 Å². The van der Waals surface area contributed by atoms with Crippen LogP contribution in [0, 0.1) is 0 Å². The molecule has 0 unspecified atom stereocenters. The van der Waals surface area contributed by atoms with Gasteiger partial charge in [-0.1, -0.05) is 36.4 Å². The molecular formula is C28H30N2O3. The molecule has 0 radical (unpaired) electrons. The second-order valence-corrected chi connectivity index (χ2v) is 8.41. The summed E-state index contributed by atoms with van der Waals surface area (Å²) in [6.45, 7) is 5.80. The predicted molar refractivity (Wildman–Crippen MR) is 136 cm³/mol. The van der Waals surface area contributed by atoms with Crippen LogP contribution in [0.15, 0.2) is 71.4 Å². The van der Waals surface area contributed by atoms with Crippen molar-refractivity contribution < 1.29 is 13.9 Å². The van der Waals surface area contributed by atoms with Crippen LogP contribution in [0.2, 0.25) is 0 Å². The van der Waals surface area contributed by atoms with Crippen molar-refractivity contribution in [2.45, 2.75) is 13.8 Å². The van der Waals surface area contributed by atoms with Crippen molar-refractivity contribution in [2.75, 3.05) is 33.8 Å². The third-order valence-electron chi connectivity index (χ3n) is 5.67. The zero-order valence-corrected chi connectivity index (χ0v) is 19.6. The zero-order valence-electron chi connectivity index (χ0n) is 19.6. The number of amides is 1. The SMILES string of the molecule is CCOc1cc2occ(-c3ccc4ccccc4c3)c2cc1/C(C)=C/C(=O)NCCN(C)C. The monoisotopic (exact) mass is 442 g/mol. The molecule has 33 heavy (non-hydrogen) atoms. The van der Waals surface area contributed by atoms with E-state index >= 15 is 0 Å². The average Bonchev–Trinajstić information content (AvgIpc) is 3.21. The minimum absolute atomic E-state index is 0.112. The van der Waals surface area contributed by atoms with E-state index in [1.165, 1.54) is 10.8 Å². The Labute approximate surface area is 194 Å². The van der Waals surface area contributed by atoms with Gasteiger partial charge in [0.25, 0.3) is 0 Å². The number of fused-ring (bicyclic) bond motifs is 2. The number of likely N-dealkylation sites (N-methyl/N-ethyl adjacent to an activating group) is 1. The molecule has 1 aromatic heterocycles. The molecule has 170 valence electrons. The second kappa shape index (κ2) is 9.92. The van der Waals surface area contributed by atoms with Gasteiger partial charge in [0.15, 0.2) is 0 Å². The molecule has 1 heterocycles. The third kappa shape index (κ3) is 5.10. The van der Waals surface area contributed by atoms with Gasteiger partial charge < -0.3 is 19.4 Å². The molecule has 5 heteroatoms. The molecule has 3 aromatic carbocycles. The number of hydrogen-bond acceptors (Lipinski definition) is 4. The van der Waals surface area contributed by atoms with Crippen LogP contribution in [0.3, 0.4) is 0 Å². The van der Waals surface area contributed by atoms with E-state index in [0.29, 0.717) is 18.9 Å². The molecule has 0 atom stereocenters. The molecule has 4 rings (SSSR count). The fraction of sp³-hybridized carbons (Fsp3) is 0.250. The highest BCUT2D eigenvalue weighted by Gasteiger charge is 2.15. The predicted octanol–water partition coefficient (Wildman–Crippen LogP) is 5.73. The Hall–Kier alpha value is -3.57. The summed E-state index contributed by atoms with van der Waals surface area (Å²) < 4.78 is 11.8. The van der Waals surface area contributed by atoms with Crippen molar-refractivity contribution in [2.24, 2.45) is 0 Å². The van der Waals surface area contributed by atoms with E-state index in [2.05, 4.69) is 41.7 Å². The smallest absolute Gasteiger partial charge is 0.244 e. The first-order valence-electron chi connectivity index (χ1n) is 11.2. The number of hydrogen-bond donors (Lipinski definition) is 1. The summed E-state index contributed by atoms with van der Waals surface area (Å²) in [4.78, 5) is 14.5. The number of allylic oxidation sites excluding steroid dienone is 1. The summed E-state index contributed by atoms with van der Waals surface area (Å²) in [6, 6.07) is 18.7. The van der Waals surface area contributed by atoms with Crippen molar-refractivity contribution in [3.05, 3.63) is 72.5 Å². The Bertz CT molecular complexity index is 1320. The van der Waals surface area contributed by atoms with E-state index in [1.54, 1.807) is 12.3 Å². The summed E-state index contributed by atoms with van der Waals surface area (Å²) in [5.74, 6) is 0.595. The van der Waals surface area contributed by atoms with E-state index in [1.807, 2.05) is 51.0 Å². The lowest BCUT2D eigenvalue weighted by molar-refractivity contribution is -0.116. The molecule has 1 N–H and O–H groups in total. The Morgan fingerprint density at radius 3 is 2.64 bits per heavy atom. The maximum atomic E-state index is 12.4. The van der Waals surface area contributed by atoms with Gasteiger partial charge in [-0.05, 0) is 62.0 Å². The van der Waals surface area contributed by atoms with Crippen molar-refractivity contribution in [1.29, 1.82) is 0 Å². The highest BCUT2D eigenvalue weighted by Crippen LogP contribution is 2.38. The highest BCUT2D eigenvalue weighted by molar-refractivity contribution is 6.01. The van der Waals surface area contributed by atoms with Gasteiger partial charge in [0.2, 0.25) is 5.91 Å². The Balaban J connectivity index is 1.73. The van der Waals surface area contributed by atoms with Gasteiger partial charge in [0.1, 0.15) is 11.3 Å². The van der Waals surface area contributed by atoms with Crippen LogP contribution >= 0.6 is 0 Å². The molecule has 5 nitrogen and oxygen atoms in total. The molecule has 0 aliphatic carbocycles. The van der Waals surface area contributed by atoms with Crippen LogP contribution in [0.1, 0.15) is 19.4 Å². The third-order valence-corrected chi connectivity index (χ3v) is 5.67. The van der Waals surface area contributed by atoms with Crippen LogP contribution in [0.25, 0.3) is 38.4 Å². The molecule has 0 bridgehead atoms. The number of carbonyl (C=O) groups is 1. The molecule has 0 aliphatic heterocycles. The maximum Gasteiger partial charge on any atom is 0.244 e. The Morgan fingerprint density at radius 2 is 1.88 bits per heavy atom. The van der Waals surface area contributed by atoms with Gasteiger partial charge in [-0.2, -0.15) is 0 Å². The number of nitrogens with zero attached hydrogens (tertiary/aromatic N) is 1. The molecular weight excluding hydrogens is 412 g/mol. The summed E-state index contributed by atoms with van der Waals surface area (Å²) >= 11 is 0. The van der Waals surface area contributed by atoms with Crippen molar-refractivity contribution in [3.8, 4) is 16.9 Å². The number of benzene rings is 3. The second-order valence-electron chi connectivity index (χ2n) is 8.41. The van der Waals surface area contributed by atoms with E-state index in [9.17, 15) is 4.79 Å². The standard InChI is InChI=1S/C28H30N2O3/c1-5-32-26-17-27-24(16-23(26)19(2)14-28(31)29-12-13-30(3)4)25(18-33-27)22-11-10-20-8-6-7-9-21(20)15-22/h6-11,14-18H,5,12-13H2,1-4H3,(H,29,31)/b19-14+. The van der Waals surface area contributed by atoms with Gasteiger partial charge in [0, 0.05) is 41.7 Å². The Morgan fingerprint density at radius 1 is 1.09 bits per heavy atom. The first-order valence-corrected chi connectivity index (χ1v) is 11.2. The lowest BCUT2D eigenvalue weighted by Gasteiger charge is -2.12. The summed E-state index contributed by atoms with van der Waals surface area (Å²) in [5.41, 5.74) is 4.59. The summed E-state index contributed by atoms with van der Waals surface area (Å²) in [5, 5.41) is 6.31. The minimum atomic E-state index is -0.112. The number of carbonyl (C=O) groups excluding carboxylic acids is 1. The number of ether oxygens (including phenoxy) is 1. The van der Waals surface area contributed by atoms with E-state index < -0.39 is 0 Å². The van der Waals surface area contributed by atoms with Crippen LogP contribution in [-0.4, -0.2) is 44.6 Å². The fourth-order valence-corrected chi connectivity index (χ4v) is 3.95. The van der Waals surface area contributed by atoms with Crippen molar-refractivity contribution in [1.82, 2.24) is 10.2 Å². The number of nitrogens with one attached hydrogen (secondary N) is 1. The average molecular weight is 443 g/mol. The number of rotatable bonds is 8. The van der Waals surface area contributed by atoms with Crippen LogP contribution in [0.4, 0.5) is 0 Å². The van der Waals surface area contributed by atoms with Crippen LogP contribution in [0.5, 0.6) is 5.75 Å². The minimum Gasteiger partial charge on any atom is -0.493 e. The largest absolute Gasteiger partial charge is 0.493 e. The Kier molecular flexibility index (Phi) is 6.80. The fourth-order valence-electron chi connectivity index (χ4n) is 3.95. The van der Waals surface area contributed by atoms with E-state index in [-0.39, 0.29) is 5.91 Å². The quantitative estimate of drug-likeness (QED) is 0.354. The lowest BCUT2D eigenvalue weighted by atomic mass is 9.97. The van der Waals surface area contributed by atoms with Gasteiger partial charge in [-0.3, -0.25) is 4.79 Å². The molecule has 0 aliphatic rings. The van der Waals surface area contributed by atoms with Gasteiger partial charge in [-0.15, -0.1) is 0 Å². The highest BCUT2D eigenvalue weighted by atomic mass is 16.5. The zero-order chi connectivity index (χ0) is 23.4. The van der Waals surface area contributed by atoms with Crippen LogP contribution < -0.4 is 10.1 Å². The molecule has 0 saturated carbocycles. The summed E-state index contributed by atoms with van der Waals surface area (Å²) in [7, 11) is 3.96. The molecule has 4 aromatic rings. The van der Waals surface area contributed by atoms with Crippen molar-refractivity contribution in [3.63, 3.8) is 0 Å². The summed E-state index contributed by atoms with van der Waals surface area (Å²) in [6.07, 6.45) is 3.43. The molecule has 1 amide bonds. The van der Waals surface area contributed by atoms with Gasteiger partial charge in [-0.25, -0.2) is 0 Å². The topological polar surface area (TPSA) is 54.7 Å². The van der Waals surface area contributed by atoms with Gasteiger partial charge >= 0.3 is 0 Å². The van der Waals surface area contributed by atoms with Crippen LogP contribution in [-0.2, 0) is 4.79 Å². The van der Waals surface area contributed by atoms with Crippen molar-refractivity contribution >= 4 is 33.2 Å². The molecule has 0 spiro atoms. The maximum absolute atomic E-state index is 12.4. The first-order chi connectivity index (χ1) is 16.0. The van der Waals surface area contributed by atoms with E-state index in [4.69, 9.17) is 9.15 Å². The van der Waals surface area contributed by atoms with Gasteiger partial charge in [0.05, 0.1) is 12.9 Å². The number of furan rings is 1. The first kappa shape index (κ1) is 22.6. The normalized spacial score (nSPS) is 12.0.